The number of nitrogens with zero attached hydrogens (tertiary/aromatic N) is 3. The SMILES string of the molecule is ClCc1cccc(-n2cc(Br)cn2)n1. The van der Waals surface area contributed by atoms with E-state index in [1.807, 2.05) is 24.4 Å². The van der Waals surface area contributed by atoms with Crippen LogP contribution in [0.15, 0.2) is 35.1 Å². The average Bonchev–Trinajstić information content (AvgIpc) is 2.65. The Balaban J connectivity index is 2.41. The first-order chi connectivity index (χ1) is 6.79. The first-order valence-electron chi connectivity index (χ1n) is 4.02. The number of halogens is 2. The van der Waals surface area contributed by atoms with Crippen molar-refractivity contribution in [2.75, 3.05) is 0 Å². The summed E-state index contributed by atoms with van der Waals surface area (Å²) in [6.07, 6.45) is 3.56. The van der Waals surface area contributed by atoms with E-state index in [4.69, 9.17) is 11.6 Å². The van der Waals surface area contributed by atoms with Gasteiger partial charge in [0, 0.05) is 6.20 Å². The van der Waals surface area contributed by atoms with Gasteiger partial charge in [0.15, 0.2) is 5.82 Å². The molecule has 0 radical (unpaired) electrons. The lowest BCUT2D eigenvalue weighted by atomic mass is 10.4. The maximum absolute atomic E-state index is 5.69. The topological polar surface area (TPSA) is 30.7 Å². The second-order valence-electron chi connectivity index (χ2n) is 2.72. The van der Waals surface area contributed by atoms with E-state index < -0.39 is 0 Å². The second kappa shape index (κ2) is 4.11. The van der Waals surface area contributed by atoms with Crippen molar-refractivity contribution in [3.8, 4) is 5.82 Å². The number of hydrogen-bond donors (Lipinski definition) is 0. The van der Waals surface area contributed by atoms with Gasteiger partial charge in [-0.1, -0.05) is 6.07 Å². The van der Waals surface area contributed by atoms with Crippen molar-refractivity contribution in [1.82, 2.24) is 14.8 Å². The zero-order valence-corrected chi connectivity index (χ0v) is 9.53. The fraction of sp³-hybridized carbons (Fsp3) is 0.111. The minimum atomic E-state index is 0.413. The van der Waals surface area contributed by atoms with Crippen molar-refractivity contribution in [2.24, 2.45) is 0 Å². The number of hydrogen-bond acceptors (Lipinski definition) is 2. The third-order valence-electron chi connectivity index (χ3n) is 1.71. The minimum Gasteiger partial charge on any atom is -0.232 e. The van der Waals surface area contributed by atoms with Gasteiger partial charge in [0.25, 0.3) is 0 Å². The van der Waals surface area contributed by atoms with Crippen LogP contribution in [0.2, 0.25) is 0 Å². The molecular formula is C9H7BrClN3. The summed E-state index contributed by atoms with van der Waals surface area (Å²) in [6.45, 7) is 0. The molecule has 3 nitrogen and oxygen atoms in total. The lowest BCUT2D eigenvalue weighted by molar-refractivity contribution is 0.839. The molecule has 0 aliphatic heterocycles. The van der Waals surface area contributed by atoms with Crippen LogP contribution >= 0.6 is 27.5 Å². The molecule has 5 heteroatoms. The first kappa shape index (κ1) is 9.68. The van der Waals surface area contributed by atoms with Crippen molar-refractivity contribution in [2.45, 2.75) is 5.88 Å². The van der Waals surface area contributed by atoms with Crippen LogP contribution in [0.25, 0.3) is 5.82 Å². The molecule has 2 aromatic heterocycles. The Bertz CT molecular complexity index is 441. The van der Waals surface area contributed by atoms with Gasteiger partial charge in [-0.2, -0.15) is 5.10 Å². The molecule has 2 aromatic rings. The molecule has 0 atom stereocenters. The average molecular weight is 273 g/mol. The molecule has 0 aliphatic carbocycles. The Morgan fingerprint density at radius 1 is 1.43 bits per heavy atom. The van der Waals surface area contributed by atoms with Crippen LogP contribution in [0.3, 0.4) is 0 Å². The zero-order valence-electron chi connectivity index (χ0n) is 7.19. The molecule has 0 fully saturated rings. The van der Waals surface area contributed by atoms with E-state index in [0.29, 0.717) is 5.88 Å². The normalized spacial score (nSPS) is 10.4. The van der Waals surface area contributed by atoms with Crippen LogP contribution in [-0.2, 0) is 5.88 Å². The molecule has 0 aliphatic rings. The highest BCUT2D eigenvalue weighted by molar-refractivity contribution is 9.10. The van der Waals surface area contributed by atoms with E-state index in [-0.39, 0.29) is 0 Å². The standard InChI is InChI=1S/C9H7BrClN3/c10-7-5-12-14(6-7)9-3-1-2-8(4-11)13-9/h1-3,5-6H,4H2. The molecule has 0 aromatic carbocycles. The molecule has 0 amide bonds. The van der Waals surface area contributed by atoms with Crippen LogP contribution in [0.5, 0.6) is 0 Å². The molecule has 0 saturated carbocycles. The Morgan fingerprint density at radius 3 is 2.93 bits per heavy atom. The predicted octanol–water partition coefficient (Wildman–Crippen LogP) is 2.77. The first-order valence-corrected chi connectivity index (χ1v) is 5.35. The predicted molar refractivity (Wildman–Crippen MR) is 58.6 cm³/mol. The van der Waals surface area contributed by atoms with Crippen LogP contribution < -0.4 is 0 Å². The second-order valence-corrected chi connectivity index (χ2v) is 3.91. The largest absolute Gasteiger partial charge is 0.232 e. The summed E-state index contributed by atoms with van der Waals surface area (Å²) < 4.78 is 2.62. The van der Waals surface area contributed by atoms with Crippen molar-refractivity contribution < 1.29 is 0 Å². The van der Waals surface area contributed by atoms with E-state index in [9.17, 15) is 0 Å². The molecule has 0 saturated heterocycles. The maximum Gasteiger partial charge on any atom is 0.153 e. The number of pyridine rings is 1. The van der Waals surface area contributed by atoms with Gasteiger partial charge in [0.05, 0.1) is 22.2 Å². The fourth-order valence-electron chi connectivity index (χ4n) is 1.10. The summed E-state index contributed by atoms with van der Waals surface area (Å²) in [5.41, 5.74) is 0.843. The van der Waals surface area contributed by atoms with E-state index in [2.05, 4.69) is 26.0 Å². The zero-order chi connectivity index (χ0) is 9.97. The van der Waals surface area contributed by atoms with Gasteiger partial charge in [0.2, 0.25) is 0 Å². The summed E-state index contributed by atoms with van der Waals surface area (Å²) >= 11 is 9.02. The molecule has 2 rings (SSSR count). The maximum atomic E-state index is 5.69. The molecule has 72 valence electrons. The summed E-state index contributed by atoms with van der Waals surface area (Å²) in [5, 5.41) is 4.13. The fourth-order valence-corrected chi connectivity index (χ4v) is 1.53. The van der Waals surface area contributed by atoms with Crippen molar-refractivity contribution in [1.29, 1.82) is 0 Å². The summed E-state index contributed by atoms with van der Waals surface area (Å²) in [7, 11) is 0. The Kier molecular flexibility index (Phi) is 2.84. The lowest BCUT2D eigenvalue weighted by Crippen LogP contribution is -1.99. The highest BCUT2D eigenvalue weighted by atomic mass is 79.9. The summed E-state index contributed by atoms with van der Waals surface area (Å²) in [5.74, 6) is 1.19. The Hall–Kier alpha value is -0.870. The van der Waals surface area contributed by atoms with Gasteiger partial charge < -0.3 is 0 Å². The van der Waals surface area contributed by atoms with Gasteiger partial charge in [-0.05, 0) is 28.1 Å². The van der Waals surface area contributed by atoms with Gasteiger partial charge in [-0.15, -0.1) is 11.6 Å². The third kappa shape index (κ3) is 1.96. The van der Waals surface area contributed by atoms with Crippen molar-refractivity contribution >= 4 is 27.5 Å². The van der Waals surface area contributed by atoms with Crippen molar-refractivity contribution in [3.05, 3.63) is 40.8 Å². The Labute approximate surface area is 94.9 Å². The highest BCUT2D eigenvalue weighted by Crippen LogP contribution is 2.11. The molecule has 0 unspecified atom stereocenters. The molecule has 0 spiro atoms. The van der Waals surface area contributed by atoms with E-state index in [1.165, 1.54) is 0 Å². The highest BCUT2D eigenvalue weighted by Gasteiger charge is 2.00. The van der Waals surface area contributed by atoms with Gasteiger partial charge in [-0.3, -0.25) is 0 Å². The number of rotatable bonds is 2. The van der Waals surface area contributed by atoms with E-state index in [0.717, 1.165) is 16.0 Å². The third-order valence-corrected chi connectivity index (χ3v) is 2.40. The summed E-state index contributed by atoms with van der Waals surface area (Å²) in [6, 6.07) is 5.68. The summed E-state index contributed by atoms with van der Waals surface area (Å²) in [4.78, 5) is 4.32. The van der Waals surface area contributed by atoms with Crippen molar-refractivity contribution in [3.63, 3.8) is 0 Å². The Morgan fingerprint density at radius 2 is 2.29 bits per heavy atom. The van der Waals surface area contributed by atoms with Gasteiger partial charge >= 0.3 is 0 Å². The quantitative estimate of drug-likeness (QED) is 0.787. The minimum absolute atomic E-state index is 0.413. The van der Waals surface area contributed by atoms with Crippen LogP contribution in [0.4, 0.5) is 0 Å². The number of alkyl halides is 1. The molecule has 2 heterocycles. The molecular weight excluding hydrogens is 265 g/mol. The molecule has 14 heavy (non-hydrogen) atoms. The van der Waals surface area contributed by atoms with E-state index >= 15 is 0 Å². The molecule has 0 bridgehead atoms. The van der Waals surface area contributed by atoms with Crippen LogP contribution in [0.1, 0.15) is 5.69 Å². The van der Waals surface area contributed by atoms with Gasteiger partial charge in [0.1, 0.15) is 0 Å². The van der Waals surface area contributed by atoms with E-state index in [1.54, 1.807) is 10.9 Å². The smallest absolute Gasteiger partial charge is 0.153 e. The number of aromatic nitrogens is 3. The van der Waals surface area contributed by atoms with Crippen LogP contribution in [0, 0.1) is 0 Å². The van der Waals surface area contributed by atoms with Crippen LogP contribution in [-0.4, -0.2) is 14.8 Å². The van der Waals surface area contributed by atoms with Gasteiger partial charge in [-0.25, -0.2) is 9.67 Å². The monoisotopic (exact) mass is 271 g/mol. The molecule has 0 N–H and O–H groups in total. The lowest BCUT2D eigenvalue weighted by Gasteiger charge is -2.01.